The maximum Gasteiger partial charge on any atom is 0.131 e. The molecular formula is C14H17F2N3O. The Morgan fingerprint density at radius 3 is 2.75 bits per heavy atom. The van der Waals surface area contributed by atoms with Crippen molar-refractivity contribution >= 4 is 0 Å². The highest BCUT2D eigenvalue weighted by atomic mass is 19.1. The molecule has 20 heavy (non-hydrogen) atoms. The third kappa shape index (κ3) is 3.40. The van der Waals surface area contributed by atoms with Crippen molar-refractivity contribution in [3.05, 3.63) is 53.6 Å². The molecule has 0 spiro atoms. The van der Waals surface area contributed by atoms with Gasteiger partial charge in [-0.1, -0.05) is 6.07 Å². The first-order valence-corrected chi connectivity index (χ1v) is 6.25. The van der Waals surface area contributed by atoms with Crippen LogP contribution in [0.1, 0.15) is 17.5 Å². The second-order valence-electron chi connectivity index (χ2n) is 4.83. The summed E-state index contributed by atoms with van der Waals surface area (Å²) in [6.45, 7) is 0.763. The summed E-state index contributed by atoms with van der Waals surface area (Å²) in [5, 5.41) is 10.0. The van der Waals surface area contributed by atoms with E-state index in [1.807, 2.05) is 22.7 Å². The molecule has 1 atom stereocenters. The predicted molar refractivity (Wildman–Crippen MR) is 70.9 cm³/mol. The molecule has 108 valence electrons. The third-order valence-electron chi connectivity index (χ3n) is 3.14. The minimum Gasteiger partial charge on any atom is -0.387 e. The van der Waals surface area contributed by atoms with Crippen LogP contribution in [0.4, 0.5) is 8.78 Å². The molecule has 0 aliphatic rings. The molecule has 6 heteroatoms. The molecule has 1 N–H and O–H groups in total. The molecule has 1 aromatic heterocycles. The molecule has 0 amide bonds. The van der Waals surface area contributed by atoms with Gasteiger partial charge in [0.1, 0.15) is 17.5 Å². The molecular weight excluding hydrogens is 264 g/mol. The van der Waals surface area contributed by atoms with E-state index in [0.717, 1.165) is 18.0 Å². The van der Waals surface area contributed by atoms with E-state index in [1.54, 1.807) is 13.2 Å². The zero-order valence-electron chi connectivity index (χ0n) is 11.4. The fourth-order valence-electron chi connectivity index (χ4n) is 2.02. The number of benzene rings is 1. The van der Waals surface area contributed by atoms with Crippen molar-refractivity contribution in [1.29, 1.82) is 0 Å². The van der Waals surface area contributed by atoms with Gasteiger partial charge in [-0.2, -0.15) is 0 Å². The average Bonchev–Trinajstić information content (AvgIpc) is 2.74. The monoisotopic (exact) mass is 281 g/mol. The summed E-state index contributed by atoms with van der Waals surface area (Å²) in [6, 6.07) is 3.18. The number of likely N-dealkylation sites (N-methyl/N-ethyl adjacent to an activating group) is 1. The Bertz CT molecular complexity index is 586. The minimum absolute atomic E-state index is 0.0955. The first-order valence-electron chi connectivity index (χ1n) is 6.25. The Morgan fingerprint density at radius 2 is 2.15 bits per heavy atom. The largest absolute Gasteiger partial charge is 0.387 e. The normalized spacial score (nSPS) is 12.9. The van der Waals surface area contributed by atoms with Crippen LogP contribution in [0, 0.1) is 11.6 Å². The van der Waals surface area contributed by atoms with E-state index >= 15 is 0 Å². The van der Waals surface area contributed by atoms with Crippen molar-refractivity contribution in [2.45, 2.75) is 12.6 Å². The highest BCUT2D eigenvalue weighted by molar-refractivity contribution is 5.21. The van der Waals surface area contributed by atoms with Crippen molar-refractivity contribution in [3.8, 4) is 0 Å². The number of rotatable bonds is 5. The van der Waals surface area contributed by atoms with Crippen LogP contribution in [0.25, 0.3) is 0 Å². The molecule has 4 nitrogen and oxygen atoms in total. The Kier molecular flexibility index (Phi) is 4.46. The van der Waals surface area contributed by atoms with E-state index in [2.05, 4.69) is 4.98 Å². The number of aromatic nitrogens is 2. The second kappa shape index (κ2) is 6.11. The van der Waals surface area contributed by atoms with Gasteiger partial charge in [0.15, 0.2) is 0 Å². The van der Waals surface area contributed by atoms with Crippen molar-refractivity contribution in [2.24, 2.45) is 7.05 Å². The Balaban J connectivity index is 2.00. The molecule has 0 radical (unpaired) electrons. The second-order valence-corrected chi connectivity index (χ2v) is 4.83. The van der Waals surface area contributed by atoms with E-state index in [-0.39, 0.29) is 12.1 Å². The van der Waals surface area contributed by atoms with E-state index < -0.39 is 17.7 Å². The number of aliphatic hydroxyl groups is 1. The molecule has 2 aromatic rings. The lowest BCUT2D eigenvalue weighted by Gasteiger charge is -2.20. The lowest BCUT2D eigenvalue weighted by atomic mass is 10.1. The topological polar surface area (TPSA) is 41.3 Å². The summed E-state index contributed by atoms with van der Waals surface area (Å²) in [5.41, 5.74) is 0.0955. The van der Waals surface area contributed by atoms with Crippen molar-refractivity contribution in [1.82, 2.24) is 14.5 Å². The highest BCUT2D eigenvalue weighted by Crippen LogP contribution is 2.19. The first-order chi connectivity index (χ1) is 9.47. The summed E-state index contributed by atoms with van der Waals surface area (Å²) in [7, 11) is 3.69. The van der Waals surface area contributed by atoms with Crippen LogP contribution in [-0.4, -0.2) is 33.1 Å². The van der Waals surface area contributed by atoms with Crippen LogP contribution in [-0.2, 0) is 13.6 Å². The van der Waals surface area contributed by atoms with Crippen LogP contribution in [0.5, 0.6) is 0 Å². The van der Waals surface area contributed by atoms with Gasteiger partial charge in [0.2, 0.25) is 0 Å². The number of aryl methyl sites for hydroxylation is 1. The lowest BCUT2D eigenvalue weighted by molar-refractivity contribution is 0.118. The van der Waals surface area contributed by atoms with Gasteiger partial charge in [0, 0.05) is 37.6 Å². The molecule has 0 fully saturated rings. The summed E-state index contributed by atoms with van der Waals surface area (Å²) in [5.74, 6) is -0.540. The predicted octanol–water partition coefficient (Wildman–Crippen LogP) is 1.86. The van der Waals surface area contributed by atoms with Crippen LogP contribution in [0.2, 0.25) is 0 Å². The summed E-state index contributed by atoms with van der Waals surface area (Å²) in [4.78, 5) is 6.01. The van der Waals surface area contributed by atoms with Crippen LogP contribution in [0.3, 0.4) is 0 Å². The zero-order valence-corrected chi connectivity index (χ0v) is 11.4. The standard InChI is InChI=1S/C14H17F2N3O/c1-18(9-14-17-5-6-19(14)2)8-13(20)11-4-3-10(15)7-12(11)16/h3-7,13,20H,8-9H2,1-2H3. The number of hydrogen-bond donors (Lipinski definition) is 1. The zero-order chi connectivity index (χ0) is 14.7. The van der Waals surface area contributed by atoms with Crippen LogP contribution >= 0.6 is 0 Å². The quantitative estimate of drug-likeness (QED) is 0.909. The summed E-state index contributed by atoms with van der Waals surface area (Å²) < 4.78 is 28.3. The van der Waals surface area contributed by atoms with Gasteiger partial charge in [-0.3, -0.25) is 4.90 Å². The van der Waals surface area contributed by atoms with Gasteiger partial charge in [-0.05, 0) is 13.1 Å². The third-order valence-corrected chi connectivity index (χ3v) is 3.14. The molecule has 2 rings (SSSR count). The van der Waals surface area contributed by atoms with Gasteiger partial charge in [0.05, 0.1) is 12.6 Å². The molecule has 0 saturated heterocycles. The van der Waals surface area contributed by atoms with Crippen molar-refractivity contribution < 1.29 is 13.9 Å². The number of halogens is 2. The first kappa shape index (κ1) is 14.6. The molecule has 1 heterocycles. The Morgan fingerprint density at radius 1 is 1.40 bits per heavy atom. The molecule has 0 aliphatic carbocycles. The fraction of sp³-hybridized carbons (Fsp3) is 0.357. The molecule has 1 unspecified atom stereocenters. The fourth-order valence-corrected chi connectivity index (χ4v) is 2.02. The van der Waals surface area contributed by atoms with E-state index in [1.165, 1.54) is 6.07 Å². The number of hydrogen-bond acceptors (Lipinski definition) is 3. The van der Waals surface area contributed by atoms with E-state index in [9.17, 15) is 13.9 Å². The van der Waals surface area contributed by atoms with Crippen LogP contribution < -0.4 is 0 Å². The van der Waals surface area contributed by atoms with Gasteiger partial charge < -0.3 is 9.67 Å². The minimum atomic E-state index is -1.01. The number of aliphatic hydroxyl groups excluding tert-OH is 1. The maximum absolute atomic E-state index is 13.6. The Labute approximate surface area is 116 Å². The van der Waals surface area contributed by atoms with E-state index in [0.29, 0.717) is 6.54 Å². The van der Waals surface area contributed by atoms with Crippen molar-refractivity contribution in [3.63, 3.8) is 0 Å². The average molecular weight is 281 g/mol. The lowest BCUT2D eigenvalue weighted by Crippen LogP contribution is -2.26. The number of imidazole rings is 1. The van der Waals surface area contributed by atoms with Crippen molar-refractivity contribution in [2.75, 3.05) is 13.6 Å². The van der Waals surface area contributed by atoms with Gasteiger partial charge in [-0.25, -0.2) is 13.8 Å². The summed E-state index contributed by atoms with van der Waals surface area (Å²) >= 11 is 0. The van der Waals surface area contributed by atoms with Gasteiger partial charge >= 0.3 is 0 Å². The molecule has 0 saturated carbocycles. The smallest absolute Gasteiger partial charge is 0.131 e. The number of nitrogens with zero attached hydrogens (tertiary/aromatic N) is 3. The maximum atomic E-state index is 13.6. The van der Waals surface area contributed by atoms with Gasteiger partial charge in [-0.15, -0.1) is 0 Å². The van der Waals surface area contributed by atoms with Crippen LogP contribution in [0.15, 0.2) is 30.6 Å². The molecule has 1 aromatic carbocycles. The molecule has 0 bridgehead atoms. The Hall–Kier alpha value is -1.79. The van der Waals surface area contributed by atoms with E-state index in [4.69, 9.17) is 0 Å². The molecule has 0 aliphatic heterocycles. The SMILES string of the molecule is CN(Cc1nccn1C)CC(O)c1ccc(F)cc1F. The highest BCUT2D eigenvalue weighted by Gasteiger charge is 2.16. The van der Waals surface area contributed by atoms with Gasteiger partial charge in [0.25, 0.3) is 0 Å². The summed E-state index contributed by atoms with van der Waals surface area (Å²) in [6.07, 6.45) is 2.51.